The van der Waals surface area contributed by atoms with Gasteiger partial charge in [0.05, 0.1) is 12.5 Å². The lowest BCUT2D eigenvalue weighted by atomic mass is 10.2. The third-order valence-electron chi connectivity index (χ3n) is 1.38. The van der Waals surface area contributed by atoms with Gasteiger partial charge in [0.25, 0.3) is 0 Å². The highest BCUT2D eigenvalue weighted by atomic mass is 79.9. The minimum atomic E-state index is -4.31. The molecule has 1 amide bonds. The number of hydrogen-bond acceptors (Lipinski definition) is 2. The van der Waals surface area contributed by atoms with Crippen molar-refractivity contribution in [2.45, 2.75) is 45.0 Å². The summed E-state index contributed by atoms with van der Waals surface area (Å²) in [6.45, 7) is 4.92. The van der Waals surface area contributed by atoms with E-state index in [1.165, 1.54) is 0 Å². The van der Waals surface area contributed by atoms with Crippen LogP contribution in [0.3, 0.4) is 0 Å². The Hall–Kier alpha value is -0.460. The molecule has 0 aliphatic heterocycles. The first kappa shape index (κ1) is 15.5. The predicted octanol–water partition coefficient (Wildman–Crippen LogP) is 3.23. The lowest BCUT2D eigenvalue weighted by Crippen LogP contribution is -2.42. The van der Waals surface area contributed by atoms with E-state index in [9.17, 15) is 18.0 Å². The highest BCUT2D eigenvalue weighted by Crippen LogP contribution is 2.22. The summed E-state index contributed by atoms with van der Waals surface area (Å²) in [6, 6.07) is -1.02. The van der Waals surface area contributed by atoms with Crippen molar-refractivity contribution < 1.29 is 22.7 Å². The molecular formula is C9H15BrF3NO2. The van der Waals surface area contributed by atoms with E-state index in [-0.39, 0.29) is 5.33 Å². The predicted molar refractivity (Wildman–Crippen MR) is 57.6 cm³/mol. The summed E-state index contributed by atoms with van der Waals surface area (Å²) in [5, 5.41) is 2.17. The topological polar surface area (TPSA) is 38.3 Å². The Morgan fingerprint density at radius 1 is 1.38 bits per heavy atom. The number of ether oxygens (including phenoxy) is 1. The second-order valence-electron chi connectivity index (χ2n) is 4.32. The Kier molecular flexibility index (Phi) is 5.58. The molecule has 0 heterocycles. The molecular weight excluding hydrogens is 291 g/mol. The molecule has 0 bridgehead atoms. The summed E-state index contributed by atoms with van der Waals surface area (Å²) >= 11 is 2.91. The number of hydrogen-bond donors (Lipinski definition) is 1. The van der Waals surface area contributed by atoms with Crippen LogP contribution in [0.4, 0.5) is 18.0 Å². The van der Waals surface area contributed by atoms with Gasteiger partial charge in [-0.05, 0) is 20.8 Å². The van der Waals surface area contributed by atoms with Crippen LogP contribution in [-0.4, -0.2) is 29.2 Å². The van der Waals surface area contributed by atoms with E-state index < -0.39 is 30.3 Å². The second-order valence-corrected chi connectivity index (χ2v) is 4.96. The molecule has 1 unspecified atom stereocenters. The molecule has 7 heteroatoms. The summed E-state index contributed by atoms with van der Waals surface area (Å²) in [5.41, 5.74) is -0.723. The maximum atomic E-state index is 12.1. The first-order chi connectivity index (χ1) is 7.03. The standard InChI is InChI=1S/C9H15BrF3NO2/c1-8(2,3)16-7(15)14-6(5-10)4-9(11,12)13/h6H,4-5H2,1-3H3,(H,14,15). The van der Waals surface area contributed by atoms with Gasteiger partial charge in [0.15, 0.2) is 0 Å². The molecule has 3 nitrogen and oxygen atoms in total. The van der Waals surface area contributed by atoms with Gasteiger partial charge >= 0.3 is 12.3 Å². The molecule has 0 fully saturated rings. The Labute approximate surface area is 101 Å². The minimum absolute atomic E-state index is 0.0196. The molecule has 1 N–H and O–H groups in total. The van der Waals surface area contributed by atoms with Crippen LogP contribution in [0.15, 0.2) is 0 Å². The number of alkyl halides is 4. The van der Waals surface area contributed by atoms with E-state index in [0.717, 1.165) is 0 Å². The van der Waals surface area contributed by atoms with E-state index >= 15 is 0 Å². The monoisotopic (exact) mass is 305 g/mol. The van der Waals surface area contributed by atoms with Gasteiger partial charge in [-0.2, -0.15) is 13.2 Å². The molecule has 0 saturated heterocycles. The molecule has 0 rings (SSSR count). The fraction of sp³-hybridized carbons (Fsp3) is 0.889. The van der Waals surface area contributed by atoms with Crippen molar-refractivity contribution in [3.63, 3.8) is 0 Å². The quantitative estimate of drug-likeness (QED) is 0.813. The molecule has 0 spiro atoms. The van der Waals surface area contributed by atoms with Crippen LogP contribution in [0.25, 0.3) is 0 Å². The van der Waals surface area contributed by atoms with E-state index in [1.54, 1.807) is 20.8 Å². The van der Waals surface area contributed by atoms with Gasteiger partial charge in [-0.15, -0.1) is 0 Å². The van der Waals surface area contributed by atoms with Crippen LogP contribution in [0.2, 0.25) is 0 Å². The van der Waals surface area contributed by atoms with Gasteiger partial charge in [-0.3, -0.25) is 0 Å². The van der Waals surface area contributed by atoms with Gasteiger partial charge in [0.2, 0.25) is 0 Å². The number of rotatable bonds is 3. The van der Waals surface area contributed by atoms with E-state index in [1.807, 2.05) is 0 Å². The SMILES string of the molecule is CC(C)(C)OC(=O)NC(CBr)CC(F)(F)F. The zero-order chi connectivity index (χ0) is 13.0. The lowest BCUT2D eigenvalue weighted by molar-refractivity contribution is -0.138. The molecule has 0 aromatic heterocycles. The maximum Gasteiger partial charge on any atom is 0.407 e. The molecule has 0 saturated carbocycles. The summed E-state index contributed by atoms with van der Waals surface area (Å²) in [4.78, 5) is 11.2. The first-order valence-corrected chi connectivity index (χ1v) is 5.78. The lowest BCUT2D eigenvalue weighted by Gasteiger charge is -2.23. The molecule has 0 aromatic carbocycles. The Balaban J connectivity index is 4.18. The number of alkyl carbamates (subject to hydrolysis) is 1. The molecule has 16 heavy (non-hydrogen) atoms. The molecule has 1 atom stereocenters. The Morgan fingerprint density at radius 2 is 1.88 bits per heavy atom. The molecule has 96 valence electrons. The fourth-order valence-electron chi connectivity index (χ4n) is 0.898. The highest BCUT2D eigenvalue weighted by molar-refractivity contribution is 9.09. The molecule has 0 aromatic rings. The third-order valence-corrected chi connectivity index (χ3v) is 2.17. The average molecular weight is 306 g/mol. The van der Waals surface area contributed by atoms with Crippen LogP contribution < -0.4 is 5.32 Å². The van der Waals surface area contributed by atoms with Crippen molar-refractivity contribution in [2.75, 3.05) is 5.33 Å². The van der Waals surface area contributed by atoms with Gasteiger partial charge in [-0.1, -0.05) is 15.9 Å². The fourth-order valence-corrected chi connectivity index (χ4v) is 1.29. The van der Waals surface area contributed by atoms with Crippen LogP contribution in [0.1, 0.15) is 27.2 Å². The van der Waals surface area contributed by atoms with Crippen molar-refractivity contribution >= 4 is 22.0 Å². The van der Waals surface area contributed by atoms with Gasteiger partial charge < -0.3 is 10.1 Å². The molecule has 0 radical (unpaired) electrons. The summed E-state index contributed by atoms with van der Waals surface area (Å²) in [6.07, 6.45) is -6.24. The highest BCUT2D eigenvalue weighted by Gasteiger charge is 2.32. The Bertz CT molecular complexity index is 238. The second kappa shape index (κ2) is 5.75. The van der Waals surface area contributed by atoms with E-state index in [2.05, 4.69) is 21.2 Å². The van der Waals surface area contributed by atoms with Crippen LogP contribution in [0, 0.1) is 0 Å². The van der Waals surface area contributed by atoms with Crippen molar-refractivity contribution in [3.8, 4) is 0 Å². The number of amides is 1. The van der Waals surface area contributed by atoms with Crippen molar-refractivity contribution in [1.82, 2.24) is 5.32 Å². The maximum absolute atomic E-state index is 12.1. The first-order valence-electron chi connectivity index (χ1n) is 4.66. The van der Waals surface area contributed by atoms with Gasteiger partial charge in [0.1, 0.15) is 5.60 Å². The van der Waals surface area contributed by atoms with Crippen molar-refractivity contribution in [2.24, 2.45) is 0 Å². The largest absolute Gasteiger partial charge is 0.444 e. The van der Waals surface area contributed by atoms with Gasteiger partial charge in [-0.25, -0.2) is 4.79 Å². The number of halogens is 4. The van der Waals surface area contributed by atoms with E-state index in [4.69, 9.17) is 4.74 Å². The van der Waals surface area contributed by atoms with Crippen molar-refractivity contribution in [3.05, 3.63) is 0 Å². The summed E-state index contributed by atoms with van der Waals surface area (Å²) in [5.74, 6) is 0. The van der Waals surface area contributed by atoms with Gasteiger partial charge in [0, 0.05) is 5.33 Å². The normalized spacial score (nSPS) is 14.4. The van der Waals surface area contributed by atoms with Crippen molar-refractivity contribution in [1.29, 1.82) is 0 Å². The average Bonchev–Trinajstić information content (AvgIpc) is 1.96. The van der Waals surface area contributed by atoms with Crippen LogP contribution in [0.5, 0.6) is 0 Å². The van der Waals surface area contributed by atoms with E-state index in [0.29, 0.717) is 0 Å². The van der Waals surface area contributed by atoms with Crippen LogP contribution >= 0.6 is 15.9 Å². The number of nitrogens with one attached hydrogen (secondary N) is 1. The number of carbonyl (C=O) groups excluding carboxylic acids is 1. The molecule has 0 aliphatic rings. The Morgan fingerprint density at radius 3 is 2.19 bits per heavy atom. The summed E-state index contributed by atoms with van der Waals surface area (Å²) in [7, 11) is 0. The molecule has 0 aliphatic carbocycles. The summed E-state index contributed by atoms with van der Waals surface area (Å²) < 4.78 is 41.1. The minimum Gasteiger partial charge on any atom is -0.444 e. The third kappa shape index (κ3) is 8.82. The number of carbonyl (C=O) groups is 1. The zero-order valence-corrected chi connectivity index (χ0v) is 10.9. The smallest absolute Gasteiger partial charge is 0.407 e. The van der Waals surface area contributed by atoms with Crippen LogP contribution in [-0.2, 0) is 4.74 Å². The zero-order valence-electron chi connectivity index (χ0n) is 9.32.